The first-order valence-electron chi connectivity index (χ1n) is 7.20. The molecule has 0 spiro atoms. The highest BCUT2D eigenvalue weighted by molar-refractivity contribution is 7.10. The summed E-state index contributed by atoms with van der Waals surface area (Å²) in [4.78, 5) is 15.0. The molecule has 1 aromatic heterocycles. The number of hydrogen-bond acceptors (Lipinski definition) is 2. The number of amides is 1. The SMILES string of the molecule is C[C@@H]1c2ccsc2CC[NH+]1CC(=O)Nc1ccc(Cl)cc1Cl. The summed E-state index contributed by atoms with van der Waals surface area (Å²) in [5.74, 6) is -0.0234. The average Bonchev–Trinajstić information content (AvgIpc) is 2.94. The van der Waals surface area contributed by atoms with Gasteiger partial charge in [0.05, 0.1) is 17.3 Å². The van der Waals surface area contributed by atoms with Crippen LogP contribution in [0, 0.1) is 0 Å². The zero-order valence-electron chi connectivity index (χ0n) is 12.2. The molecule has 1 amide bonds. The van der Waals surface area contributed by atoms with Crippen molar-refractivity contribution in [3.05, 3.63) is 50.1 Å². The van der Waals surface area contributed by atoms with Crippen LogP contribution in [0.2, 0.25) is 10.0 Å². The predicted molar refractivity (Wildman–Crippen MR) is 92.2 cm³/mol. The van der Waals surface area contributed by atoms with Gasteiger partial charge in [-0.1, -0.05) is 23.2 Å². The summed E-state index contributed by atoms with van der Waals surface area (Å²) in [6.07, 6.45) is 1.04. The number of fused-ring (bicyclic) bond motifs is 1. The van der Waals surface area contributed by atoms with Crippen LogP contribution in [0.1, 0.15) is 23.4 Å². The van der Waals surface area contributed by atoms with Gasteiger partial charge in [0.2, 0.25) is 0 Å². The second-order valence-corrected chi connectivity index (χ2v) is 7.37. The summed E-state index contributed by atoms with van der Waals surface area (Å²) in [5.41, 5.74) is 1.99. The van der Waals surface area contributed by atoms with Gasteiger partial charge < -0.3 is 10.2 Å². The topological polar surface area (TPSA) is 33.5 Å². The molecule has 0 saturated heterocycles. The Balaban J connectivity index is 1.65. The van der Waals surface area contributed by atoms with Crippen LogP contribution in [-0.2, 0) is 11.2 Å². The zero-order valence-corrected chi connectivity index (χ0v) is 14.5. The minimum absolute atomic E-state index is 0.0234. The molecular formula is C16H17Cl2N2OS+. The highest BCUT2D eigenvalue weighted by Gasteiger charge is 2.29. The molecule has 2 aromatic rings. The van der Waals surface area contributed by atoms with Crippen LogP contribution >= 0.6 is 34.5 Å². The van der Waals surface area contributed by atoms with Crippen LogP contribution in [0.3, 0.4) is 0 Å². The Labute approximate surface area is 143 Å². The van der Waals surface area contributed by atoms with Crippen molar-refractivity contribution in [3.8, 4) is 0 Å². The van der Waals surface area contributed by atoms with Gasteiger partial charge in [-0.05, 0) is 36.6 Å². The third-order valence-electron chi connectivity index (χ3n) is 4.12. The molecule has 0 saturated carbocycles. The molecule has 2 N–H and O–H groups in total. The second-order valence-electron chi connectivity index (χ2n) is 5.53. The Morgan fingerprint density at radius 3 is 3.00 bits per heavy atom. The van der Waals surface area contributed by atoms with E-state index in [1.165, 1.54) is 15.3 Å². The molecule has 1 aliphatic rings. The maximum absolute atomic E-state index is 12.3. The van der Waals surface area contributed by atoms with Crippen molar-refractivity contribution in [3.63, 3.8) is 0 Å². The summed E-state index contributed by atoms with van der Waals surface area (Å²) in [5, 5.41) is 6.03. The van der Waals surface area contributed by atoms with Crippen LogP contribution in [-0.4, -0.2) is 19.0 Å². The van der Waals surface area contributed by atoms with Crippen molar-refractivity contribution in [2.24, 2.45) is 0 Å². The maximum Gasteiger partial charge on any atom is 0.279 e. The van der Waals surface area contributed by atoms with E-state index >= 15 is 0 Å². The van der Waals surface area contributed by atoms with Gasteiger partial charge in [0, 0.05) is 21.9 Å². The van der Waals surface area contributed by atoms with E-state index in [0.717, 1.165) is 13.0 Å². The second kappa shape index (κ2) is 6.59. The standard InChI is InChI=1S/C16H16Cl2N2OS/c1-10-12-5-7-22-15(12)4-6-20(10)9-16(21)19-14-3-2-11(17)8-13(14)18/h2-3,5,7-8,10H,4,6,9H2,1H3,(H,19,21)/p+1/t10-/m1/s1. The Morgan fingerprint density at radius 1 is 1.41 bits per heavy atom. The van der Waals surface area contributed by atoms with Crippen molar-refractivity contribution in [1.29, 1.82) is 0 Å². The largest absolute Gasteiger partial charge is 0.321 e. The number of quaternary nitrogens is 1. The molecule has 0 fully saturated rings. The fraction of sp³-hybridized carbons (Fsp3) is 0.312. The molecule has 1 unspecified atom stereocenters. The van der Waals surface area contributed by atoms with Gasteiger partial charge in [0.25, 0.3) is 5.91 Å². The van der Waals surface area contributed by atoms with Crippen LogP contribution in [0.25, 0.3) is 0 Å². The van der Waals surface area contributed by atoms with E-state index < -0.39 is 0 Å². The van der Waals surface area contributed by atoms with Crippen LogP contribution < -0.4 is 10.2 Å². The number of hydrogen-bond donors (Lipinski definition) is 2. The Hall–Kier alpha value is -1.07. The number of thiophene rings is 1. The van der Waals surface area contributed by atoms with E-state index in [-0.39, 0.29) is 5.91 Å². The van der Waals surface area contributed by atoms with E-state index in [0.29, 0.717) is 28.3 Å². The van der Waals surface area contributed by atoms with Gasteiger partial charge in [-0.3, -0.25) is 4.79 Å². The first-order chi connectivity index (χ1) is 10.5. The molecule has 3 nitrogen and oxygen atoms in total. The van der Waals surface area contributed by atoms with Gasteiger partial charge in [-0.25, -0.2) is 0 Å². The average molecular weight is 356 g/mol. The molecule has 0 bridgehead atoms. The highest BCUT2D eigenvalue weighted by atomic mass is 35.5. The van der Waals surface area contributed by atoms with E-state index in [1.807, 2.05) is 11.3 Å². The Kier molecular flexibility index (Phi) is 4.73. The number of nitrogens with one attached hydrogen (secondary N) is 2. The lowest BCUT2D eigenvalue weighted by Crippen LogP contribution is -3.14. The number of anilines is 1. The summed E-state index contributed by atoms with van der Waals surface area (Å²) in [6, 6.07) is 7.61. The number of halogens is 2. The Morgan fingerprint density at radius 2 is 2.23 bits per heavy atom. The van der Waals surface area contributed by atoms with Gasteiger partial charge in [0.15, 0.2) is 6.54 Å². The van der Waals surface area contributed by atoms with Crippen LogP contribution in [0.15, 0.2) is 29.6 Å². The van der Waals surface area contributed by atoms with Gasteiger partial charge in [0.1, 0.15) is 6.04 Å². The maximum atomic E-state index is 12.3. The van der Waals surface area contributed by atoms with Gasteiger partial charge >= 0.3 is 0 Å². The zero-order chi connectivity index (χ0) is 15.7. The van der Waals surface area contributed by atoms with Crippen molar-refractivity contribution in [2.45, 2.75) is 19.4 Å². The minimum Gasteiger partial charge on any atom is -0.321 e. The first-order valence-corrected chi connectivity index (χ1v) is 8.84. The molecule has 3 rings (SSSR count). The van der Waals surface area contributed by atoms with E-state index in [1.54, 1.807) is 18.2 Å². The molecule has 22 heavy (non-hydrogen) atoms. The van der Waals surface area contributed by atoms with Crippen molar-refractivity contribution in [1.82, 2.24) is 0 Å². The molecule has 1 aromatic carbocycles. The molecule has 6 heteroatoms. The van der Waals surface area contributed by atoms with E-state index in [2.05, 4.69) is 23.7 Å². The number of carbonyl (C=O) groups excluding carboxylic acids is 1. The van der Waals surface area contributed by atoms with Crippen molar-refractivity contribution in [2.75, 3.05) is 18.4 Å². The van der Waals surface area contributed by atoms with E-state index in [9.17, 15) is 4.79 Å². The number of carbonyl (C=O) groups is 1. The summed E-state index contributed by atoms with van der Waals surface area (Å²) >= 11 is 13.8. The molecule has 2 heterocycles. The molecule has 0 radical (unpaired) electrons. The smallest absolute Gasteiger partial charge is 0.279 e. The fourth-order valence-electron chi connectivity index (χ4n) is 2.88. The molecule has 1 aliphatic heterocycles. The van der Waals surface area contributed by atoms with Crippen molar-refractivity contribution < 1.29 is 9.69 Å². The normalized spacial score (nSPS) is 20.5. The quantitative estimate of drug-likeness (QED) is 0.870. The first kappa shape index (κ1) is 15.8. The molecule has 0 aliphatic carbocycles. The van der Waals surface area contributed by atoms with Gasteiger partial charge in [-0.2, -0.15) is 0 Å². The number of benzene rings is 1. The van der Waals surface area contributed by atoms with Crippen LogP contribution in [0.4, 0.5) is 5.69 Å². The third-order valence-corrected chi connectivity index (χ3v) is 5.67. The molecule has 2 atom stereocenters. The molecular weight excluding hydrogens is 339 g/mol. The van der Waals surface area contributed by atoms with Crippen molar-refractivity contribution >= 4 is 46.1 Å². The summed E-state index contributed by atoms with van der Waals surface area (Å²) in [6.45, 7) is 3.61. The minimum atomic E-state index is -0.0234. The van der Waals surface area contributed by atoms with E-state index in [4.69, 9.17) is 23.2 Å². The third kappa shape index (κ3) is 3.30. The lowest BCUT2D eigenvalue weighted by atomic mass is 10.0. The summed E-state index contributed by atoms with van der Waals surface area (Å²) in [7, 11) is 0. The number of rotatable bonds is 3. The summed E-state index contributed by atoms with van der Waals surface area (Å²) < 4.78 is 0. The van der Waals surface area contributed by atoms with Crippen LogP contribution in [0.5, 0.6) is 0 Å². The lowest BCUT2D eigenvalue weighted by Gasteiger charge is -2.29. The predicted octanol–water partition coefficient (Wildman–Crippen LogP) is 3.20. The van der Waals surface area contributed by atoms with Gasteiger partial charge in [-0.15, -0.1) is 11.3 Å². The highest BCUT2D eigenvalue weighted by Crippen LogP contribution is 2.26. The Bertz CT molecular complexity index is 701. The fourth-order valence-corrected chi connectivity index (χ4v) is 4.32. The lowest BCUT2D eigenvalue weighted by molar-refractivity contribution is -0.923. The molecule has 116 valence electrons. The monoisotopic (exact) mass is 355 g/mol.